The fourth-order valence-electron chi connectivity index (χ4n) is 3.15. The molecule has 30 heavy (non-hydrogen) atoms. The Labute approximate surface area is 198 Å². The summed E-state index contributed by atoms with van der Waals surface area (Å²) in [5, 5.41) is 3.30. The summed E-state index contributed by atoms with van der Waals surface area (Å²) in [4.78, 5) is 20.6. The van der Waals surface area contributed by atoms with E-state index in [4.69, 9.17) is 17.3 Å². The molecule has 0 aromatic heterocycles. The number of nitrogens with one attached hydrogen (secondary N) is 1. The number of aryl methyl sites for hydroxylation is 1. The van der Waals surface area contributed by atoms with Gasteiger partial charge in [0, 0.05) is 38.3 Å². The smallest absolute Gasteiger partial charge is 0.226 e. The first-order chi connectivity index (χ1) is 13.9. The molecule has 0 aliphatic carbocycles. The monoisotopic (exact) mass is 545 g/mol. The summed E-state index contributed by atoms with van der Waals surface area (Å²) in [5.74, 6) is 0.0378. The number of guanidine groups is 1. The number of nitrogens with two attached hydrogens (primary N) is 1. The first-order valence-electron chi connectivity index (χ1n) is 9.54. The van der Waals surface area contributed by atoms with Crippen molar-refractivity contribution in [3.05, 3.63) is 58.9 Å². The van der Waals surface area contributed by atoms with Crippen LogP contribution >= 0.6 is 35.6 Å². The van der Waals surface area contributed by atoms with Crippen LogP contribution in [0.15, 0.2) is 47.5 Å². The van der Waals surface area contributed by atoms with Crippen LogP contribution in [0.25, 0.3) is 0 Å². The Hall–Kier alpha value is -2.07. The molecule has 0 unspecified atom stereocenters. The second kappa shape index (κ2) is 11.4. The SMILES string of the molecule is Cc1ccc(NC(=O)CCN=C(N)N2CCN(c3ccc(F)cc3)CC2)c(Cl)c1.I. The Morgan fingerprint density at radius 1 is 1.17 bits per heavy atom. The van der Waals surface area contributed by atoms with Crippen molar-refractivity contribution in [1.29, 1.82) is 0 Å². The van der Waals surface area contributed by atoms with E-state index in [9.17, 15) is 9.18 Å². The number of aliphatic imine (C=N–C) groups is 1. The van der Waals surface area contributed by atoms with Crippen LogP contribution in [0.1, 0.15) is 12.0 Å². The van der Waals surface area contributed by atoms with Crippen LogP contribution in [0.5, 0.6) is 0 Å². The largest absolute Gasteiger partial charge is 0.370 e. The lowest BCUT2D eigenvalue weighted by atomic mass is 10.2. The molecule has 1 fully saturated rings. The van der Waals surface area contributed by atoms with Crippen molar-refractivity contribution in [2.75, 3.05) is 42.9 Å². The van der Waals surface area contributed by atoms with E-state index in [1.165, 1.54) is 12.1 Å². The Morgan fingerprint density at radius 3 is 2.47 bits per heavy atom. The highest BCUT2D eigenvalue weighted by Crippen LogP contribution is 2.22. The van der Waals surface area contributed by atoms with E-state index in [1.807, 2.05) is 17.9 Å². The normalized spacial score (nSPS) is 14.3. The van der Waals surface area contributed by atoms with Crippen molar-refractivity contribution in [3.63, 3.8) is 0 Å². The molecule has 0 bridgehead atoms. The molecule has 0 saturated carbocycles. The summed E-state index contributed by atoms with van der Waals surface area (Å²) in [6.45, 7) is 5.23. The van der Waals surface area contributed by atoms with E-state index < -0.39 is 0 Å². The standard InChI is InChI=1S/C21H25ClFN5O.HI/c1-15-2-7-19(18(22)14-15)26-20(29)8-9-25-21(24)28-12-10-27(11-13-28)17-5-3-16(23)4-6-17;/h2-7,14H,8-13H2,1H3,(H2,24,25)(H,26,29);1H. The Kier molecular flexibility index (Phi) is 9.16. The van der Waals surface area contributed by atoms with E-state index in [-0.39, 0.29) is 42.1 Å². The molecule has 1 amide bonds. The molecule has 0 spiro atoms. The van der Waals surface area contributed by atoms with Gasteiger partial charge in [-0.25, -0.2) is 4.39 Å². The van der Waals surface area contributed by atoms with Gasteiger partial charge in [-0.15, -0.1) is 24.0 Å². The van der Waals surface area contributed by atoms with Crippen molar-refractivity contribution in [3.8, 4) is 0 Å². The van der Waals surface area contributed by atoms with Crippen LogP contribution in [0.2, 0.25) is 5.02 Å². The van der Waals surface area contributed by atoms with Gasteiger partial charge in [-0.1, -0.05) is 17.7 Å². The summed E-state index contributed by atoms with van der Waals surface area (Å²) >= 11 is 6.13. The van der Waals surface area contributed by atoms with Crippen LogP contribution in [0.3, 0.4) is 0 Å². The minimum atomic E-state index is -0.238. The van der Waals surface area contributed by atoms with Gasteiger partial charge in [-0.05, 0) is 48.9 Å². The molecule has 3 rings (SSSR count). The second-order valence-electron chi connectivity index (χ2n) is 6.97. The van der Waals surface area contributed by atoms with Crippen LogP contribution in [-0.4, -0.2) is 49.5 Å². The number of nitrogens with zero attached hydrogens (tertiary/aromatic N) is 3. The fraction of sp³-hybridized carbons (Fsp3) is 0.333. The van der Waals surface area contributed by atoms with E-state index >= 15 is 0 Å². The maximum absolute atomic E-state index is 13.1. The van der Waals surface area contributed by atoms with Crippen molar-refractivity contribution < 1.29 is 9.18 Å². The van der Waals surface area contributed by atoms with E-state index in [0.29, 0.717) is 23.2 Å². The fourth-order valence-corrected chi connectivity index (χ4v) is 3.43. The van der Waals surface area contributed by atoms with Gasteiger partial charge >= 0.3 is 0 Å². The van der Waals surface area contributed by atoms with Gasteiger partial charge in [0.25, 0.3) is 0 Å². The highest BCUT2D eigenvalue weighted by molar-refractivity contribution is 14.0. The lowest BCUT2D eigenvalue weighted by molar-refractivity contribution is -0.116. The highest BCUT2D eigenvalue weighted by atomic mass is 127. The van der Waals surface area contributed by atoms with Crippen molar-refractivity contribution in [2.24, 2.45) is 10.7 Å². The zero-order valence-electron chi connectivity index (χ0n) is 16.8. The number of halogens is 3. The Bertz CT molecular complexity index is 885. The number of piperazine rings is 1. The molecule has 0 atom stereocenters. The third-order valence-electron chi connectivity index (χ3n) is 4.81. The third-order valence-corrected chi connectivity index (χ3v) is 5.12. The van der Waals surface area contributed by atoms with Crippen LogP contribution in [0.4, 0.5) is 15.8 Å². The van der Waals surface area contributed by atoms with Crippen molar-refractivity contribution in [2.45, 2.75) is 13.3 Å². The number of carbonyl (C=O) groups is 1. The molecule has 2 aromatic rings. The molecule has 1 saturated heterocycles. The summed E-state index contributed by atoms with van der Waals surface area (Å²) in [6, 6.07) is 12.0. The first kappa shape index (κ1) is 24.2. The van der Waals surface area contributed by atoms with Gasteiger partial charge < -0.3 is 20.9 Å². The topological polar surface area (TPSA) is 74.0 Å². The molecule has 1 aliphatic heterocycles. The minimum absolute atomic E-state index is 0. The summed E-state index contributed by atoms with van der Waals surface area (Å²) < 4.78 is 13.1. The van der Waals surface area contributed by atoms with Crippen molar-refractivity contribution >= 4 is 58.8 Å². The third kappa shape index (κ3) is 6.73. The zero-order valence-corrected chi connectivity index (χ0v) is 19.9. The number of rotatable bonds is 5. The zero-order chi connectivity index (χ0) is 20.8. The summed E-state index contributed by atoms with van der Waals surface area (Å²) in [6.07, 6.45) is 0.223. The van der Waals surface area contributed by atoms with Gasteiger partial charge in [0.2, 0.25) is 5.91 Å². The number of hydrogen-bond acceptors (Lipinski definition) is 3. The number of amides is 1. The number of carbonyl (C=O) groups excluding carboxylic acids is 1. The molecule has 2 aromatic carbocycles. The van der Waals surface area contributed by atoms with E-state index in [2.05, 4.69) is 15.2 Å². The van der Waals surface area contributed by atoms with E-state index in [0.717, 1.165) is 37.4 Å². The quantitative estimate of drug-likeness (QED) is 0.340. The predicted octanol–water partition coefficient (Wildman–Crippen LogP) is 3.87. The Balaban J connectivity index is 0.00000320. The number of anilines is 2. The molecule has 1 aliphatic rings. The van der Waals surface area contributed by atoms with Gasteiger partial charge in [0.05, 0.1) is 17.3 Å². The Morgan fingerprint density at radius 2 is 1.83 bits per heavy atom. The maximum atomic E-state index is 13.1. The van der Waals surface area contributed by atoms with Gasteiger partial charge in [0.1, 0.15) is 5.82 Å². The van der Waals surface area contributed by atoms with E-state index in [1.54, 1.807) is 24.3 Å². The summed E-state index contributed by atoms with van der Waals surface area (Å²) in [7, 11) is 0. The van der Waals surface area contributed by atoms with Gasteiger partial charge in [0.15, 0.2) is 5.96 Å². The lowest BCUT2D eigenvalue weighted by Gasteiger charge is -2.36. The molecule has 162 valence electrons. The number of benzene rings is 2. The molecule has 6 nitrogen and oxygen atoms in total. The first-order valence-corrected chi connectivity index (χ1v) is 9.91. The highest BCUT2D eigenvalue weighted by Gasteiger charge is 2.18. The van der Waals surface area contributed by atoms with Crippen LogP contribution in [0, 0.1) is 12.7 Å². The predicted molar refractivity (Wildman–Crippen MR) is 132 cm³/mol. The summed E-state index contributed by atoms with van der Waals surface area (Å²) in [5.41, 5.74) is 8.71. The molecular weight excluding hydrogens is 520 g/mol. The van der Waals surface area contributed by atoms with Crippen LogP contribution in [-0.2, 0) is 4.79 Å². The molecule has 1 heterocycles. The average Bonchev–Trinajstić information content (AvgIpc) is 2.71. The van der Waals surface area contributed by atoms with Crippen LogP contribution < -0.4 is 16.0 Å². The van der Waals surface area contributed by atoms with Crippen molar-refractivity contribution in [1.82, 2.24) is 4.90 Å². The van der Waals surface area contributed by atoms with Gasteiger partial charge in [-0.3, -0.25) is 9.79 Å². The second-order valence-corrected chi connectivity index (χ2v) is 7.38. The molecule has 3 N–H and O–H groups in total. The average molecular weight is 546 g/mol. The van der Waals surface area contributed by atoms with Gasteiger partial charge in [-0.2, -0.15) is 0 Å². The number of hydrogen-bond donors (Lipinski definition) is 2. The molecule has 9 heteroatoms. The molecular formula is C21H26ClFIN5O. The lowest BCUT2D eigenvalue weighted by Crippen LogP contribution is -2.51. The minimum Gasteiger partial charge on any atom is -0.370 e. The molecule has 0 radical (unpaired) electrons. The maximum Gasteiger partial charge on any atom is 0.226 e.